The molecule has 0 aromatic heterocycles. The van der Waals surface area contributed by atoms with Gasteiger partial charge in [0.15, 0.2) is 0 Å². The van der Waals surface area contributed by atoms with Crippen LogP contribution in [-0.2, 0) is 0 Å². The number of nitrogens with one attached hydrogen (secondary N) is 1. The van der Waals surface area contributed by atoms with Gasteiger partial charge in [-0.1, -0.05) is 6.92 Å². The predicted molar refractivity (Wildman–Crippen MR) is 79.2 cm³/mol. The first-order valence-electron chi connectivity index (χ1n) is 8.76. The molecular weight excluding hydrogens is 232 g/mol. The summed E-state index contributed by atoms with van der Waals surface area (Å²) in [5.74, 6) is 3.24. The van der Waals surface area contributed by atoms with Crippen LogP contribution in [0, 0.1) is 17.8 Å². The fraction of sp³-hybridized carbons (Fsp3) is 1.00. The molecule has 4 saturated carbocycles. The molecule has 1 aliphatic heterocycles. The number of hydrogen-bond acceptors (Lipinski definition) is 2. The Morgan fingerprint density at radius 2 is 1.68 bits per heavy atom. The Labute approximate surface area is 118 Å². The molecule has 108 valence electrons. The summed E-state index contributed by atoms with van der Waals surface area (Å²) in [5, 5.41) is 3.64. The Kier molecular flexibility index (Phi) is 3.15. The van der Waals surface area contributed by atoms with E-state index in [0.717, 1.165) is 23.8 Å². The maximum atomic E-state index is 3.64. The first-order chi connectivity index (χ1) is 9.29. The van der Waals surface area contributed by atoms with Gasteiger partial charge in [0, 0.05) is 18.1 Å². The van der Waals surface area contributed by atoms with E-state index in [-0.39, 0.29) is 0 Å². The zero-order valence-electron chi connectivity index (χ0n) is 12.5. The van der Waals surface area contributed by atoms with Crippen LogP contribution in [0.15, 0.2) is 0 Å². The summed E-state index contributed by atoms with van der Waals surface area (Å²) in [4.78, 5) is 2.96. The van der Waals surface area contributed by atoms with Gasteiger partial charge in [-0.15, -0.1) is 0 Å². The Morgan fingerprint density at radius 1 is 1.05 bits per heavy atom. The molecular formula is C17H30N2. The third-order valence-corrected chi connectivity index (χ3v) is 6.67. The van der Waals surface area contributed by atoms with Gasteiger partial charge in [-0.05, 0) is 82.2 Å². The lowest BCUT2D eigenvalue weighted by Crippen LogP contribution is -2.64. The van der Waals surface area contributed by atoms with Crippen molar-refractivity contribution in [3.8, 4) is 0 Å². The SMILES string of the molecule is CCN(C1CCCNC1)C12CC3CC(CC(C3)C1)C2. The van der Waals surface area contributed by atoms with E-state index < -0.39 is 0 Å². The summed E-state index contributed by atoms with van der Waals surface area (Å²) >= 11 is 0. The second-order valence-corrected chi connectivity index (χ2v) is 7.93. The lowest BCUT2D eigenvalue weighted by atomic mass is 9.52. The molecule has 1 saturated heterocycles. The third-order valence-electron chi connectivity index (χ3n) is 6.67. The fourth-order valence-corrected chi connectivity index (χ4v) is 6.50. The lowest BCUT2D eigenvalue weighted by Gasteiger charge is -2.62. The molecule has 4 aliphatic carbocycles. The van der Waals surface area contributed by atoms with Crippen molar-refractivity contribution in [2.45, 2.75) is 69.9 Å². The van der Waals surface area contributed by atoms with Crippen molar-refractivity contribution in [1.82, 2.24) is 10.2 Å². The normalized spacial score (nSPS) is 48.9. The van der Waals surface area contributed by atoms with Crippen LogP contribution in [0.4, 0.5) is 0 Å². The average molecular weight is 262 g/mol. The summed E-state index contributed by atoms with van der Waals surface area (Å²) in [6, 6.07) is 0.829. The van der Waals surface area contributed by atoms with E-state index in [1.54, 1.807) is 19.3 Å². The maximum absolute atomic E-state index is 3.64. The molecule has 1 unspecified atom stereocenters. The van der Waals surface area contributed by atoms with Crippen molar-refractivity contribution in [3.63, 3.8) is 0 Å². The fourth-order valence-electron chi connectivity index (χ4n) is 6.50. The molecule has 5 fully saturated rings. The highest BCUT2D eigenvalue weighted by molar-refractivity contribution is 5.08. The highest BCUT2D eigenvalue weighted by Gasteiger charge is 2.54. The predicted octanol–water partition coefficient (Wildman–Crippen LogP) is 3.03. The third kappa shape index (κ3) is 2.06. The van der Waals surface area contributed by atoms with Gasteiger partial charge in [0.05, 0.1) is 0 Å². The van der Waals surface area contributed by atoms with Crippen molar-refractivity contribution < 1.29 is 0 Å². The summed E-state index contributed by atoms with van der Waals surface area (Å²) < 4.78 is 0. The second kappa shape index (κ2) is 4.73. The first kappa shape index (κ1) is 12.6. The number of rotatable bonds is 3. The molecule has 1 atom stereocenters. The van der Waals surface area contributed by atoms with E-state index in [0.29, 0.717) is 5.54 Å². The van der Waals surface area contributed by atoms with Gasteiger partial charge < -0.3 is 5.32 Å². The van der Waals surface area contributed by atoms with E-state index in [1.807, 2.05) is 0 Å². The minimum absolute atomic E-state index is 0.618. The van der Waals surface area contributed by atoms with Gasteiger partial charge in [-0.25, -0.2) is 0 Å². The summed E-state index contributed by atoms with van der Waals surface area (Å²) in [7, 11) is 0. The van der Waals surface area contributed by atoms with E-state index in [4.69, 9.17) is 0 Å². The van der Waals surface area contributed by atoms with Crippen molar-refractivity contribution in [2.75, 3.05) is 19.6 Å². The molecule has 0 amide bonds. The molecule has 0 radical (unpaired) electrons. The monoisotopic (exact) mass is 262 g/mol. The molecule has 19 heavy (non-hydrogen) atoms. The lowest BCUT2D eigenvalue weighted by molar-refractivity contribution is -0.105. The van der Waals surface area contributed by atoms with Gasteiger partial charge in [0.25, 0.3) is 0 Å². The Morgan fingerprint density at radius 3 is 2.16 bits per heavy atom. The molecule has 2 heteroatoms. The minimum Gasteiger partial charge on any atom is -0.315 e. The average Bonchev–Trinajstić information content (AvgIpc) is 2.38. The zero-order chi connectivity index (χ0) is 12.9. The Balaban J connectivity index is 1.58. The van der Waals surface area contributed by atoms with Crippen molar-refractivity contribution in [2.24, 2.45) is 17.8 Å². The Hall–Kier alpha value is -0.0800. The van der Waals surface area contributed by atoms with Crippen molar-refractivity contribution in [3.05, 3.63) is 0 Å². The molecule has 0 spiro atoms. The van der Waals surface area contributed by atoms with Crippen LogP contribution in [-0.4, -0.2) is 36.1 Å². The molecule has 0 aromatic rings. The van der Waals surface area contributed by atoms with E-state index in [9.17, 15) is 0 Å². The Bertz CT molecular complexity index is 297. The number of nitrogens with zero attached hydrogens (tertiary/aromatic N) is 1. The van der Waals surface area contributed by atoms with Crippen molar-refractivity contribution >= 4 is 0 Å². The van der Waals surface area contributed by atoms with E-state index >= 15 is 0 Å². The van der Waals surface area contributed by atoms with Crippen molar-refractivity contribution in [1.29, 1.82) is 0 Å². The summed E-state index contributed by atoms with van der Waals surface area (Å²) in [5.41, 5.74) is 0.618. The first-order valence-corrected chi connectivity index (χ1v) is 8.76. The molecule has 5 aliphatic rings. The van der Waals surface area contributed by atoms with Crippen LogP contribution in [0.1, 0.15) is 58.3 Å². The molecule has 2 nitrogen and oxygen atoms in total. The van der Waals surface area contributed by atoms with Gasteiger partial charge in [0.1, 0.15) is 0 Å². The van der Waals surface area contributed by atoms with Gasteiger partial charge in [-0.2, -0.15) is 0 Å². The standard InChI is InChI=1S/C17H30N2/c1-2-19(16-4-3-5-18-12-16)17-9-13-6-14(10-17)8-15(7-13)11-17/h13-16,18H,2-12H2,1H3. The van der Waals surface area contributed by atoms with Crippen LogP contribution in [0.25, 0.3) is 0 Å². The van der Waals surface area contributed by atoms with Crippen LogP contribution in [0.5, 0.6) is 0 Å². The quantitative estimate of drug-likeness (QED) is 0.841. The molecule has 4 bridgehead atoms. The second-order valence-electron chi connectivity index (χ2n) is 7.93. The number of likely N-dealkylation sites (N-methyl/N-ethyl adjacent to an activating group) is 1. The molecule has 5 rings (SSSR count). The maximum Gasteiger partial charge on any atom is 0.0226 e. The van der Waals surface area contributed by atoms with Gasteiger partial charge in [-0.3, -0.25) is 4.90 Å². The smallest absolute Gasteiger partial charge is 0.0226 e. The molecule has 1 N–H and O–H groups in total. The number of piperidine rings is 1. The van der Waals surface area contributed by atoms with Crippen LogP contribution >= 0.6 is 0 Å². The minimum atomic E-state index is 0.618. The summed E-state index contributed by atoms with van der Waals surface area (Å²) in [6.45, 7) is 6.18. The largest absolute Gasteiger partial charge is 0.315 e. The van der Waals surface area contributed by atoms with Crippen LogP contribution < -0.4 is 5.32 Å². The van der Waals surface area contributed by atoms with Gasteiger partial charge in [0.2, 0.25) is 0 Å². The molecule has 1 heterocycles. The summed E-state index contributed by atoms with van der Waals surface area (Å²) in [6.07, 6.45) is 12.1. The van der Waals surface area contributed by atoms with E-state index in [2.05, 4.69) is 17.1 Å². The van der Waals surface area contributed by atoms with Crippen LogP contribution in [0.2, 0.25) is 0 Å². The topological polar surface area (TPSA) is 15.3 Å². The highest BCUT2D eigenvalue weighted by Crippen LogP contribution is 2.58. The highest BCUT2D eigenvalue weighted by atomic mass is 15.2. The molecule has 0 aromatic carbocycles. The number of hydrogen-bond donors (Lipinski definition) is 1. The van der Waals surface area contributed by atoms with E-state index in [1.165, 1.54) is 51.7 Å². The van der Waals surface area contributed by atoms with Crippen LogP contribution in [0.3, 0.4) is 0 Å². The zero-order valence-corrected chi connectivity index (χ0v) is 12.5. The van der Waals surface area contributed by atoms with Gasteiger partial charge >= 0.3 is 0 Å².